The van der Waals surface area contributed by atoms with Crippen molar-refractivity contribution in [2.75, 3.05) is 20.3 Å². The number of halogens is 1. The van der Waals surface area contributed by atoms with Crippen molar-refractivity contribution in [2.45, 2.75) is 25.5 Å². The molecule has 0 bridgehead atoms. The van der Waals surface area contributed by atoms with Crippen LogP contribution in [0.5, 0.6) is 5.75 Å². The molecule has 6 heteroatoms. The zero-order valence-corrected chi connectivity index (χ0v) is 13.1. The van der Waals surface area contributed by atoms with Gasteiger partial charge in [0, 0.05) is 23.2 Å². The van der Waals surface area contributed by atoms with E-state index in [4.69, 9.17) is 15.2 Å². The highest BCUT2D eigenvalue weighted by Crippen LogP contribution is 2.23. The van der Waals surface area contributed by atoms with E-state index in [-0.39, 0.29) is 6.10 Å². The number of aliphatic imine (C=N–C) groups is 1. The average Bonchev–Trinajstić information content (AvgIpc) is 2.96. The Hall–Kier alpha value is -1.27. The molecule has 1 saturated heterocycles. The summed E-state index contributed by atoms with van der Waals surface area (Å²) in [4.78, 5) is 4.33. The number of hydrogen-bond donors (Lipinski definition) is 2. The normalized spacial score (nSPS) is 19.1. The number of hydrogen-bond acceptors (Lipinski definition) is 3. The smallest absolute Gasteiger partial charge is 0.189 e. The first-order chi connectivity index (χ1) is 9.69. The van der Waals surface area contributed by atoms with Crippen LogP contribution >= 0.6 is 15.9 Å². The second-order valence-corrected chi connectivity index (χ2v) is 5.59. The van der Waals surface area contributed by atoms with Crippen LogP contribution in [0, 0.1) is 0 Å². The van der Waals surface area contributed by atoms with Crippen molar-refractivity contribution in [3.05, 3.63) is 28.2 Å². The molecule has 1 aliphatic rings. The molecule has 0 amide bonds. The third kappa shape index (κ3) is 4.38. The quantitative estimate of drug-likeness (QED) is 0.635. The Bertz CT molecular complexity index is 473. The van der Waals surface area contributed by atoms with Gasteiger partial charge in [-0.25, -0.2) is 4.99 Å². The molecule has 1 atom stereocenters. The van der Waals surface area contributed by atoms with Gasteiger partial charge in [0.25, 0.3) is 0 Å². The van der Waals surface area contributed by atoms with Crippen LogP contribution in [0.15, 0.2) is 27.7 Å². The number of guanidine groups is 1. The van der Waals surface area contributed by atoms with Crippen molar-refractivity contribution in [3.63, 3.8) is 0 Å². The maximum absolute atomic E-state index is 5.86. The Labute approximate surface area is 127 Å². The maximum Gasteiger partial charge on any atom is 0.189 e. The van der Waals surface area contributed by atoms with Crippen LogP contribution < -0.4 is 15.8 Å². The first-order valence-electron chi connectivity index (χ1n) is 6.67. The molecule has 1 aliphatic heterocycles. The number of rotatable bonds is 5. The molecule has 1 fully saturated rings. The SMILES string of the molecule is COc1ccc(Br)cc1CN=C(N)NCC1CCCO1. The molecule has 1 unspecified atom stereocenters. The van der Waals surface area contributed by atoms with E-state index in [1.807, 2.05) is 18.2 Å². The summed E-state index contributed by atoms with van der Waals surface area (Å²) in [6, 6.07) is 5.83. The van der Waals surface area contributed by atoms with Crippen molar-refractivity contribution in [1.82, 2.24) is 5.32 Å². The Morgan fingerprint density at radius 2 is 2.45 bits per heavy atom. The van der Waals surface area contributed by atoms with Crippen molar-refractivity contribution < 1.29 is 9.47 Å². The summed E-state index contributed by atoms with van der Waals surface area (Å²) < 4.78 is 11.8. The molecule has 5 nitrogen and oxygen atoms in total. The van der Waals surface area contributed by atoms with Gasteiger partial charge in [-0.3, -0.25) is 0 Å². The summed E-state index contributed by atoms with van der Waals surface area (Å²) in [6.07, 6.45) is 2.46. The van der Waals surface area contributed by atoms with Gasteiger partial charge in [0.2, 0.25) is 0 Å². The van der Waals surface area contributed by atoms with Crippen LogP contribution in [-0.2, 0) is 11.3 Å². The molecule has 0 aromatic heterocycles. The number of nitrogens with zero attached hydrogens (tertiary/aromatic N) is 1. The van der Waals surface area contributed by atoms with Crippen molar-refractivity contribution in [3.8, 4) is 5.75 Å². The molecule has 0 saturated carbocycles. The van der Waals surface area contributed by atoms with Crippen LogP contribution in [0.25, 0.3) is 0 Å². The Morgan fingerprint density at radius 1 is 1.60 bits per heavy atom. The van der Waals surface area contributed by atoms with Crippen molar-refractivity contribution >= 4 is 21.9 Å². The zero-order valence-electron chi connectivity index (χ0n) is 11.6. The largest absolute Gasteiger partial charge is 0.496 e. The highest BCUT2D eigenvalue weighted by molar-refractivity contribution is 9.10. The monoisotopic (exact) mass is 341 g/mol. The third-order valence-electron chi connectivity index (χ3n) is 3.20. The van der Waals surface area contributed by atoms with Crippen LogP contribution in [0.2, 0.25) is 0 Å². The summed E-state index contributed by atoms with van der Waals surface area (Å²) in [5, 5.41) is 3.10. The maximum atomic E-state index is 5.86. The predicted octanol–water partition coefficient (Wildman–Crippen LogP) is 2.04. The van der Waals surface area contributed by atoms with E-state index in [0.717, 1.165) is 35.2 Å². The topological polar surface area (TPSA) is 68.9 Å². The highest BCUT2D eigenvalue weighted by atomic mass is 79.9. The molecular weight excluding hydrogens is 322 g/mol. The van der Waals surface area contributed by atoms with E-state index in [2.05, 4.69) is 26.2 Å². The van der Waals surface area contributed by atoms with Gasteiger partial charge in [0.1, 0.15) is 5.75 Å². The van der Waals surface area contributed by atoms with Crippen LogP contribution in [0.3, 0.4) is 0 Å². The fourth-order valence-electron chi connectivity index (χ4n) is 2.12. The molecule has 0 radical (unpaired) electrons. The van der Waals surface area contributed by atoms with Crippen LogP contribution in [0.1, 0.15) is 18.4 Å². The molecule has 1 heterocycles. The standard InChI is InChI=1S/C14H20BrN3O2/c1-19-13-5-4-11(15)7-10(13)8-17-14(16)18-9-12-3-2-6-20-12/h4-5,7,12H,2-3,6,8-9H2,1H3,(H3,16,17,18). The van der Waals surface area contributed by atoms with E-state index in [1.165, 1.54) is 0 Å². The summed E-state index contributed by atoms with van der Waals surface area (Å²) in [7, 11) is 1.65. The zero-order chi connectivity index (χ0) is 14.4. The lowest BCUT2D eigenvalue weighted by molar-refractivity contribution is 0.114. The predicted molar refractivity (Wildman–Crippen MR) is 83.0 cm³/mol. The highest BCUT2D eigenvalue weighted by Gasteiger charge is 2.14. The lowest BCUT2D eigenvalue weighted by atomic mass is 10.2. The minimum atomic E-state index is 0.254. The number of methoxy groups -OCH3 is 1. The molecule has 2 rings (SSSR count). The molecule has 0 spiro atoms. The van der Waals surface area contributed by atoms with E-state index in [0.29, 0.717) is 19.0 Å². The Morgan fingerprint density at radius 3 is 3.15 bits per heavy atom. The van der Waals surface area contributed by atoms with Crippen molar-refractivity contribution in [1.29, 1.82) is 0 Å². The Balaban J connectivity index is 1.88. The van der Waals surface area contributed by atoms with Crippen molar-refractivity contribution in [2.24, 2.45) is 10.7 Å². The minimum absolute atomic E-state index is 0.254. The fourth-order valence-corrected chi connectivity index (χ4v) is 2.53. The summed E-state index contributed by atoms with van der Waals surface area (Å²) in [5.74, 6) is 1.24. The second-order valence-electron chi connectivity index (χ2n) is 4.67. The lowest BCUT2D eigenvalue weighted by Crippen LogP contribution is -2.37. The minimum Gasteiger partial charge on any atom is -0.496 e. The first kappa shape index (κ1) is 15.1. The fraction of sp³-hybridized carbons (Fsp3) is 0.500. The molecule has 3 N–H and O–H groups in total. The average molecular weight is 342 g/mol. The van der Waals surface area contributed by atoms with E-state index < -0.39 is 0 Å². The first-order valence-corrected chi connectivity index (χ1v) is 7.46. The van der Waals surface area contributed by atoms with E-state index in [1.54, 1.807) is 7.11 Å². The molecule has 0 aliphatic carbocycles. The summed E-state index contributed by atoms with van der Waals surface area (Å²) in [6.45, 7) is 2.04. The molecule has 20 heavy (non-hydrogen) atoms. The second kappa shape index (κ2) is 7.50. The summed E-state index contributed by atoms with van der Waals surface area (Å²) in [5.41, 5.74) is 6.85. The van der Waals surface area contributed by atoms with Gasteiger partial charge in [0.05, 0.1) is 19.8 Å². The number of nitrogens with two attached hydrogens (primary N) is 1. The number of ether oxygens (including phenoxy) is 2. The van der Waals surface area contributed by atoms with Crippen LogP contribution in [-0.4, -0.2) is 32.3 Å². The van der Waals surface area contributed by atoms with Gasteiger partial charge in [-0.15, -0.1) is 0 Å². The van der Waals surface area contributed by atoms with Gasteiger partial charge in [0.15, 0.2) is 5.96 Å². The lowest BCUT2D eigenvalue weighted by Gasteiger charge is -2.11. The van der Waals surface area contributed by atoms with E-state index >= 15 is 0 Å². The Kier molecular flexibility index (Phi) is 5.67. The van der Waals surface area contributed by atoms with Gasteiger partial charge in [-0.1, -0.05) is 15.9 Å². The molecule has 1 aromatic carbocycles. The summed E-state index contributed by atoms with van der Waals surface area (Å²) >= 11 is 3.44. The third-order valence-corrected chi connectivity index (χ3v) is 3.69. The number of benzene rings is 1. The number of nitrogens with one attached hydrogen (secondary N) is 1. The molecular formula is C14H20BrN3O2. The van der Waals surface area contributed by atoms with Gasteiger partial charge in [-0.05, 0) is 31.0 Å². The van der Waals surface area contributed by atoms with Gasteiger partial charge in [-0.2, -0.15) is 0 Å². The van der Waals surface area contributed by atoms with Crippen LogP contribution in [0.4, 0.5) is 0 Å². The van der Waals surface area contributed by atoms with Gasteiger partial charge < -0.3 is 20.5 Å². The molecule has 1 aromatic rings. The van der Waals surface area contributed by atoms with E-state index in [9.17, 15) is 0 Å². The molecule has 110 valence electrons. The van der Waals surface area contributed by atoms with Gasteiger partial charge >= 0.3 is 0 Å².